The summed E-state index contributed by atoms with van der Waals surface area (Å²) in [6.07, 6.45) is 4.22. The Bertz CT molecular complexity index is 344. The number of rotatable bonds is 10. The molecule has 1 N–H and O–H groups in total. The van der Waals surface area contributed by atoms with E-state index in [1.807, 2.05) is 13.8 Å². The van der Waals surface area contributed by atoms with Crippen LogP contribution in [0, 0.1) is 11.3 Å². The first-order valence-electron chi connectivity index (χ1n) is 7.38. The fraction of sp³-hybridized carbons (Fsp3) is 0.750. The van der Waals surface area contributed by atoms with Gasteiger partial charge in [0.15, 0.2) is 0 Å². The van der Waals surface area contributed by atoms with Crippen molar-refractivity contribution in [3.8, 4) is 0 Å². The predicted octanol–water partition coefficient (Wildman–Crippen LogP) is 3.80. The van der Waals surface area contributed by atoms with E-state index in [1.54, 1.807) is 13.8 Å². The van der Waals surface area contributed by atoms with Crippen molar-refractivity contribution in [2.75, 3.05) is 6.61 Å². The van der Waals surface area contributed by atoms with Crippen LogP contribution in [0.25, 0.3) is 0 Å². The van der Waals surface area contributed by atoms with Crippen LogP contribution in [-0.2, 0) is 14.3 Å². The van der Waals surface area contributed by atoms with E-state index in [9.17, 15) is 9.59 Å². The van der Waals surface area contributed by atoms with Crippen LogP contribution in [0.1, 0.15) is 59.8 Å². The van der Waals surface area contributed by atoms with Crippen LogP contribution in [0.5, 0.6) is 0 Å². The van der Waals surface area contributed by atoms with Gasteiger partial charge in [0, 0.05) is 11.5 Å². The lowest BCUT2D eigenvalue weighted by molar-refractivity contribution is -0.157. The Morgan fingerprint density at radius 1 is 1.20 bits per heavy atom. The van der Waals surface area contributed by atoms with Gasteiger partial charge in [-0.3, -0.25) is 4.79 Å². The number of hydrogen-bond acceptors (Lipinski definition) is 3. The second kappa shape index (κ2) is 8.77. The molecule has 0 aliphatic heterocycles. The number of carbonyl (C=O) groups excluding carboxylic acids is 1. The van der Waals surface area contributed by atoms with Gasteiger partial charge in [0.05, 0.1) is 12.0 Å². The lowest BCUT2D eigenvalue weighted by Gasteiger charge is -2.32. The minimum Gasteiger partial charge on any atom is -0.478 e. The Balaban J connectivity index is 4.95. The third kappa shape index (κ3) is 5.35. The van der Waals surface area contributed by atoms with Crippen LogP contribution in [-0.4, -0.2) is 23.7 Å². The van der Waals surface area contributed by atoms with Crippen LogP contribution < -0.4 is 0 Å². The summed E-state index contributed by atoms with van der Waals surface area (Å²) in [6.45, 7) is 11.6. The maximum Gasteiger partial charge on any atom is 0.331 e. The smallest absolute Gasteiger partial charge is 0.331 e. The van der Waals surface area contributed by atoms with Gasteiger partial charge in [-0.1, -0.05) is 39.7 Å². The molecular formula is C16H28O4. The first-order chi connectivity index (χ1) is 9.28. The standard InChI is InChI=1S/C16H28O4/c1-6-8-10-13(12(3)14(17)18)16(4,5)15(19)20-11-9-7-2/h13H,3,6-11H2,1-2,4-5H3,(H,17,18). The van der Waals surface area contributed by atoms with Crippen molar-refractivity contribution in [2.24, 2.45) is 11.3 Å². The molecular weight excluding hydrogens is 256 g/mol. The highest BCUT2D eigenvalue weighted by Crippen LogP contribution is 2.37. The van der Waals surface area contributed by atoms with Gasteiger partial charge in [-0.05, 0) is 26.7 Å². The maximum atomic E-state index is 12.2. The van der Waals surface area contributed by atoms with Gasteiger partial charge in [0.25, 0.3) is 0 Å². The van der Waals surface area contributed by atoms with Gasteiger partial charge in [-0.25, -0.2) is 4.79 Å². The van der Waals surface area contributed by atoms with Gasteiger partial charge in [-0.15, -0.1) is 0 Å². The van der Waals surface area contributed by atoms with Crippen molar-refractivity contribution in [3.63, 3.8) is 0 Å². The molecule has 0 aromatic heterocycles. The number of unbranched alkanes of at least 4 members (excludes halogenated alkanes) is 2. The molecule has 0 bridgehead atoms. The lowest BCUT2D eigenvalue weighted by Crippen LogP contribution is -2.37. The molecule has 0 fully saturated rings. The molecule has 0 rings (SSSR count). The maximum absolute atomic E-state index is 12.2. The van der Waals surface area contributed by atoms with Gasteiger partial charge in [-0.2, -0.15) is 0 Å². The van der Waals surface area contributed by atoms with Crippen LogP contribution in [0.15, 0.2) is 12.2 Å². The second-order valence-corrected chi connectivity index (χ2v) is 5.74. The number of ether oxygens (including phenoxy) is 1. The number of hydrogen-bond donors (Lipinski definition) is 1. The molecule has 0 heterocycles. The zero-order chi connectivity index (χ0) is 15.8. The van der Waals surface area contributed by atoms with E-state index in [4.69, 9.17) is 9.84 Å². The quantitative estimate of drug-likeness (QED) is 0.376. The first kappa shape index (κ1) is 18.7. The lowest BCUT2D eigenvalue weighted by atomic mass is 9.72. The normalized spacial score (nSPS) is 12.8. The Kier molecular flexibility index (Phi) is 8.19. The summed E-state index contributed by atoms with van der Waals surface area (Å²) in [4.78, 5) is 23.4. The topological polar surface area (TPSA) is 63.6 Å². The average Bonchev–Trinajstić information content (AvgIpc) is 2.38. The molecule has 116 valence electrons. The molecule has 0 aromatic rings. The van der Waals surface area contributed by atoms with Crippen molar-refractivity contribution in [2.45, 2.75) is 59.8 Å². The predicted molar refractivity (Wildman–Crippen MR) is 79.4 cm³/mol. The molecule has 0 aliphatic carbocycles. The molecule has 0 amide bonds. The fourth-order valence-corrected chi connectivity index (χ4v) is 2.17. The van der Waals surface area contributed by atoms with Gasteiger partial charge >= 0.3 is 11.9 Å². The van der Waals surface area contributed by atoms with Crippen molar-refractivity contribution < 1.29 is 19.4 Å². The number of esters is 1. The highest BCUT2D eigenvalue weighted by atomic mass is 16.5. The van der Waals surface area contributed by atoms with Crippen molar-refractivity contribution in [1.82, 2.24) is 0 Å². The van der Waals surface area contributed by atoms with E-state index < -0.39 is 17.3 Å². The molecule has 0 aromatic carbocycles. The van der Waals surface area contributed by atoms with E-state index in [0.717, 1.165) is 25.7 Å². The molecule has 4 heteroatoms. The third-order valence-electron chi connectivity index (χ3n) is 3.67. The highest BCUT2D eigenvalue weighted by Gasteiger charge is 2.41. The van der Waals surface area contributed by atoms with Gasteiger partial charge in [0.1, 0.15) is 0 Å². The van der Waals surface area contributed by atoms with Crippen LogP contribution in [0.4, 0.5) is 0 Å². The summed E-state index contributed by atoms with van der Waals surface area (Å²) in [7, 11) is 0. The fourth-order valence-electron chi connectivity index (χ4n) is 2.17. The molecule has 1 atom stereocenters. The Hall–Kier alpha value is -1.32. The molecule has 0 saturated heterocycles. The van der Waals surface area contributed by atoms with Gasteiger partial charge in [0.2, 0.25) is 0 Å². The van der Waals surface area contributed by atoms with E-state index in [2.05, 4.69) is 6.58 Å². The molecule has 0 saturated carbocycles. The number of carboxylic acid groups (broad SMARTS) is 1. The van der Waals surface area contributed by atoms with Crippen molar-refractivity contribution in [3.05, 3.63) is 12.2 Å². The SMILES string of the molecule is C=C(C(=O)O)C(CCCC)C(C)(C)C(=O)OCCCC. The van der Waals surface area contributed by atoms with Gasteiger partial charge < -0.3 is 9.84 Å². The van der Waals surface area contributed by atoms with Crippen molar-refractivity contribution >= 4 is 11.9 Å². The number of carboxylic acids is 1. The van der Waals surface area contributed by atoms with Crippen LogP contribution in [0.2, 0.25) is 0 Å². The minimum absolute atomic E-state index is 0.0934. The molecule has 20 heavy (non-hydrogen) atoms. The summed E-state index contributed by atoms with van der Waals surface area (Å²) >= 11 is 0. The number of carbonyl (C=O) groups is 2. The summed E-state index contributed by atoms with van der Waals surface area (Å²) in [6, 6.07) is 0. The Labute approximate surface area is 122 Å². The minimum atomic E-state index is -1.04. The third-order valence-corrected chi connectivity index (χ3v) is 3.67. The zero-order valence-electron chi connectivity index (χ0n) is 13.2. The second-order valence-electron chi connectivity index (χ2n) is 5.74. The summed E-state index contributed by atoms with van der Waals surface area (Å²) in [5.74, 6) is -1.77. The molecule has 1 unspecified atom stereocenters. The zero-order valence-corrected chi connectivity index (χ0v) is 13.2. The Morgan fingerprint density at radius 2 is 1.75 bits per heavy atom. The molecule has 0 spiro atoms. The highest BCUT2D eigenvalue weighted by molar-refractivity contribution is 5.88. The first-order valence-corrected chi connectivity index (χ1v) is 7.38. The average molecular weight is 284 g/mol. The monoisotopic (exact) mass is 284 g/mol. The molecule has 0 aliphatic rings. The largest absolute Gasteiger partial charge is 0.478 e. The molecule has 4 nitrogen and oxygen atoms in total. The molecule has 0 radical (unpaired) electrons. The summed E-state index contributed by atoms with van der Waals surface area (Å²) < 4.78 is 5.27. The van der Waals surface area contributed by atoms with E-state index in [1.165, 1.54) is 0 Å². The van der Waals surface area contributed by atoms with Crippen LogP contribution in [0.3, 0.4) is 0 Å². The van der Waals surface area contributed by atoms with Crippen LogP contribution >= 0.6 is 0 Å². The Morgan fingerprint density at radius 3 is 2.20 bits per heavy atom. The van der Waals surface area contributed by atoms with E-state index >= 15 is 0 Å². The summed E-state index contributed by atoms with van der Waals surface area (Å²) in [5, 5.41) is 9.16. The number of aliphatic carboxylic acids is 1. The summed E-state index contributed by atoms with van der Waals surface area (Å²) in [5.41, 5.74) is -0.769. The van der Waals surface area contributed by atoms with E-state index in [0.29, 0.717) is 13.0 Å². The van der Waals surface area contributed by atoms with Crippen molar-refractivity contribution in [1.29, 1.82) is 0 Å². The van der Waals surface area contributed by atoms with E-state index in [-0.39, 0.29) is 11.5 Å².